The van der Waals surface area contributed by atoms with Crippen molar-refractivity contribution in [1.82, 2.24) is 0 Å². The van der Waals surface area contributed by atoms with Crippen LogP contribution in [0.4, 0.5) is 17.1 Å². The molecular weight excluding hydrogens is 326 g/mol. The monoisotopic (exact) mass is 345 g/mol. The fourth-order valence-corrected chi connectivity index (χ4v) is 3.22. The van der Waals surface area contributed by atoms with Crippen molar-refractivity contribution < 1.29 is 9.90 Å². The summed E-state index contributed by atoms with van der Waals surface area (Å²) in [7, 11) is 0. The molecule has 0 aromatic heterocycles. The van der Waals surface area contributed by atoms with Gasteiger partial charge in [0.2, 0.25) is 0 Å². The maximum absolute atomic E-state index is 11.2. The second-order valence-corrected chi connectivity index (χ2v) is 6.42. The molecule has 0 atom stereocenters. The molecule has 0 saturated carbocycles. The molecule has 1 saturated heterocycles. The van der Waals surface area contributed by atoms with Crippen molar-refractivity contribution in [3.8, 4) is 0 Å². The fraction of sp³-hybridized carbons (Fsp3) is 0.278. The van der Waals surface area contributed by atoms with Crippen LogP contribution in [0, 0.1) is 6.92 Å². The van der Waals surface area contributed by atoms with Crippen LogP contribution in [0.15, 0.2) is 36.4 Å². The van der Waals surface area contributed by atoms with Gasteiger partial charge in [-0.3, -0.25) is 0 Å². The smallest absolute Gasteiger partial charge is 0.337 e. The number of carbonyl (C=O) groups is 1. The van der Waals surface area contributed by atoms with Gasteiger partial charge in [0.15, 0.2) is 0 Å². The SMILES string of the molecule is Cc1ccc(Cl)cc1N1CCN(c2ccc(N)c(C(=O)O)c2)CC1. The van der Waals surface area contributed by atoms with Crippen molar-refractivity contribution in [2.75, 3.05) is 41.7 Å². The molecule has 0 unspecified atom stereocenters. The van der Waals surface area contributed by atoms with E-state index in [0.717, 1.165) is 42.6 Å². The number of rotatable bonds is 3. The van der Waals surface area contributed by atoms with E-state index in [9.17, 15) is 9.90 Å². The molecule has 3 N–H and O–H groups in total. The third kappa shape index (κ3) is 3.26. The Labute approximate surface area is 146 Å². The summed E-state index contributed by atoms with van der Waals surface area (Å²) in [6, 6.07) is 11.1. The highest BCUT2D eigenvalue weighted by atomic mass is 35.5. The molecule has 0 spiro atoms. The molecule has 1 aliphatic rings. The van der Waals surface area contributed by atoms with E-state index >= 15 is 0 Å². The molecule has 0 amide bonds. The summed E-state index contributed by atoms with van der Waals surface area (Å²) >= 11 is 6.12. The Kier molecular flexibility index (Phi) is 4.53. The Morgan fingerprint density at radius 1 is 1.08 bits per heavy atom. The predicted molar refractivity (Wildman–Crippen MR) is 98.4 cm³/mol. The van der Waals surface area contributed by atoms with Gasteiger partial charge < -0.3 is 20.6 Å². The van der Waals surface area contributed by atoms with Gasteiger partial charge in [0.05, 0.1) is 5.56 Å². The molecule has 0 bridgehead atoms. The van der Waals surface area contributed by atoms with Gasteiger partial charge in [0.1, 0.15) is 0 Å². The number of aryl methyl sites for hydroxylation is 1. The molecule has 24 heavy (non-hydrogen) atoms. The third-order valence-corrected chi connectivity index (χ3v) is 4.66. The molecule has 5 nitrogen and oxygen atoms in total. The first kappa shape index (κ1) is 16.5. The Bertz CT molecular complexity index is 771. The van der Waals surface area contributed by atoms with Crippen molar-refractivity contribution in [2.24, 2.45) is 0 Å². The number of benzene rings is 2. The van der Waals surface area contributed by atoms with Crippen LogP contribution in [0.5, 0.6) is 0 Å². The summed E-state index contributed by atoms with van der Waals surface area (Å²) in [5.74, 6) is -0.998. The maximum Gasteiger partial charge on any atom is 0.337 e. The molecule has 2 aromatic carbocycles. The minimum Gasteiger partial charge on any atom is -0.478 e. The fourth-order valence-electron chi connectivity index (χ4n) is 3.05. The highest BCUT2D eigenvalue weighted by Crippen LogP contribution is 2.27. The third-order valence-electron chi connectivity index (χ3n) is 4.42. The molecule has 2 aromatic rings. The van der Waals surface area contributed by atoms with Crippen molar-refractivity contribution in [3.05, 3.63) is 52.5 Å². The van der Waals surface area contributed by atoms with E-state index in [1.54, 1.807) is 12.1 Å². The zero-order chi connectivity index (χ0) is 17.3. The quantitative estimate of drug-likeness (QED) is 0.836. The molecule has 0 radical (unpaired) electrons. The molecule has 126 valence electrons. The van der Waals surface area contributed by atoms with Crippen LogP contribution in [0.1, 0.15) is 15.9 Å². The van der Waals surface area contributed by atoms with E-state index in [2.05, 4.69) is 16.7 Å². The van der Waals surface area contributed by atoms with Crippen molar-refractivity contribution >= 4 is 34.6 Å². The number of nitrogen functional groups attached to an aromatic ring is 1. The number of carboxylic acids is 1. The minimum absolute atomic E-state index is 0.153. The van der Waals surface area contributed by atoms with Gasteiger partial charge in [-0.25, -0.2) is 4.79 Å². The highest BCUT2D eigenvalue weighted by molar-refractivity contribution is 6.30. The van der Waals surface area contributed by atoms with E-state index in [0.29, 0.717) is 5.69 Å². The summed E-state index contributed by atoms with van der Waals surface area (Å²) in [6.45, 7) is 5.42. The van der Waals surface area contributed by atoms with Crippen LogP contribution in [0.25, 0.3) is 0 Å². The Balaban J connectivity index is 1.74. The van der Waals surface area contributed by atoms with E-state index in [-0.39, 0.29) is 5.56 Å². The van der Waals surface area contributed by atoms with Crippen LogP contribution >= 0.6 is 11.6 Å². The Morgan fingerprint density at radius 3 is 2.42 bits per heavy atom. The van der Waals surface area contributed by atoms with Crippen molar-refractivity contribution in [1.29, 1.82) is 0 Å². The number of anilines is 3. The lowest BCUT2D eigenvalue weighted by molar-refractivity contribution is 0.0698. The highest BCUT2D eigenvalue weighted by Gasteiger charge is 2.20. The average Bonchev–Trinajstić information content (AvgIpc) is 2.57. The largest absolute Gasteiger partial charge is 0.478 e. The van der Waals surface area contributed by atoms with Gasteiger partial charge in [0.25, 0.3) is 0 Å². The lowest BCUT2D eigenvalue weighted by Gasteiger charge is -2.38. The summed E-state index contributed by atoms with van der Waals surface area (Å²) in [4.78, 5) is 15.7. The number of hydrogen-bond acceptors (Lipinski definition) is 4. The van der Waals surface area contributed by atoms with E-state index in [1.807, 2.05) is 24.3 Å². The molecule has 6 heteroatoms. The van der Waals surface area contributed by atoms with E-state index in [4.69, 9.17) is 17.3 Å². The number of carboxylic acid groups (broad SMARTS) is 1. The number of nitrogens with zero attached hydrogens (tertiary/aromatic N) is 2. The van der Waals surface area contributed by atoms with E-state index in [1.165, 1.54) is 5.56 Å². The average molecular weight is 346 g/mol. The first-order valence-corrected chi connectivity index (χ1v) is 8.22. The summed E-state index contributed by atoms with van der Waals surface area (Å²) in [6.07, 6.45) is 0. The molecule has 1 aliphatic heterocycles. The number of aromatic carboxylic acids is 1. The van der Waals surface area contributed by atoms with Crippen LogP contribution in [0.2, 0.25) is 5.02 Å². The van der Waals surface area contributed by atoms with Crippen LogP contribution < -0.4 is 15.5 Å². The summed E-state index contributed by atoms with van der Waals surface area (Å²) in [5, 5.41) is 9.96. The number of hydrogen-bond donors (Lipinski definition) is 2. The van der Waals surface area contributed by atoms with Gasteiger partial charge >= 0.3 is 5.97 Å². The standard InChI is InChI=1S/C18H20ClN3O2/c1-12-2-3-13(19)10-17(12)22-8-6-21(7-9-22)14-4-5-16(20)15(11-14)18(23)24/h2-5,10-11H,6-9,20H2,1H3,(H,23,24). The number of halogens is 1. The summed E-state index contributed by atoms with van der Waals surface area (Å²) < 4.78 is 0. The van der Waals surface area contributed by atoms with Crippen LogP contribution in [-0.2, 0) is 0 Å². The van der Waals surface area contributed by atoms with Crippen molar-refractivity contribution in [2.45, 2.75) is 6.92 Å². The van der Waals surface area contributed by atoms with Gasteiger partial charge in [0, 0.05) is 48.3 Å². The molecular formula is C18H20ClN3O2. The van der Waals surface area contributed by atoms with Gasteiger partial charge in [-0.15, -0.1) is 0 Å². The first-order valence-electron chi connectivity index (χ1n) is 7.84. The topological polar surface area (TPSA) is 69.8 Å². The zero-order valence-electron chi connectivity index (χ0n) is 13.5. The Hall–Kier alpha value is -2.40. The van der Waals surface area contributed by atoms with Crippen molar-refractivity contribution in [3.63, 3.8) is 0 Å². The normalized spacial score (nSPS) is 14.8. The summed E-state index contributed by atoms with van der Waals surface area (Å²) in [5.41, 5.74) is 9.43. The molecule has 3 rings (SSSR count). The maximum atomic E-state index is 11.2. The van der Waals surface area contributed by atoms with Crippen LogP contribution in [-0.4, -0.2) is 37.3 Å². The molecule has 1 fully saturated rings. The molecule has 0 aliphatic carbocycles. The number of nitrogens with two attached hydrogens (primary N) is 1. The van der Waals surface area contributed by atoms with Gasteiger partial charge in [-0.1, -0.05) is 17.7 Å². The zero-order valence-corrected chi connectivity index (χ0v) is 14.3. The molecule has 1 heterocycles. The predicted octanol–water partition coefficient (Wildman–Crippen LogP) is 3.26. The second kappa shape index (κ2) is 6.61. The first-order chi connectivity index (χ1) is 11.5. The Morgan fingerprint density at radius 2 is 1.75 bits per heavy atom. The number of piperazine rings is 1. The lowest BCUT2D eigenvalue weighted by Crippen LogP contribution is -2.46. The van der Waals surface area contributed by atoms with Gasteiger partial charge in [-0.2, -0.15) is 0 Å². The second-order valence-electron chi connectivity index (χ2n) is 5.98. The van der Waals surface area contributed by atoms with Gasteiger partial charge in [-0.05, 0) is 42.8 Å². The van der Waals surface area contributed by atoms with E-state index < -0.39 is 5.97 Å². The van der Waals surface area contributed by atoms with Crippen LogP contribution in [0.3, 0.4) is 0 Å². The lowest BCUT2D eigenvalue weighted by atomic mass is 10.1. The minimum atomic E-state index is -0.998.